The number of hydrogen-bond donors (Lipinski definition) is 1. The van der Waals surface area contributed by atoms with Crippen LogP contribution in [0, 0.1) is 13.8 Å². The highest BCUT2D eigenvalue weighted by Crippen LogP contribution is 2.32. The summed E-state index contributed by atoms with van der Waals surface area (Å²) in [7, 11) is 0. The maximum absolute atomic E-state index is 12.7. The van der Waals surface area contributed by atoms with Gasteiger partial charge in [0, 0.05) is 23.8 Å². The summed E-state index contributed by atoms with van der Waals surface area (Å²) in [4.78, 5) is 10.8. The van der Waals surface area contributed by atoms with Gasteiger partial charge in [0.2, 0.25) is 0 Å². The van der Waals surface area contributed by atoms with E-state index >= 15 is 0 Å². The summed E-state index contributed by atoms with van der Waals surface area (Å²) >= 11 is 0. The van der Waals surface area contributed by atoms with Gasteiger partial charge in [-0.15, -0.1) is 0 Å². The second-order valence-corrected chi connectivity index (χ2v) is 7.10. The van der Waals surface area contributed by atoms with E-state index in [-0.39, 0.29) is 18.8 Å². The van der Waals surface area contributed by atoms with Crippen molar-refractivity contribution >= 4 is 16.9 Å². The van der Waals surface area contributed by atoms with E-state index in [4.69, 9.17) is 14.3 Å². The van der Waals surface area contributed by atoms with Gasteiger partial charge in [-0.3, -0.25) is 4.79 Å². The first kappa shape index (κ1) is 21.6. The molecule has 7 heteroatoms. The highest BCUT2D eigenvalue weighted by atomic mass is 19.3. The molecule has 0 radical (unpaired) electrons. The van der Waals surface area contributed by atoms with Crippen molar-refractivity contribution in [2.75, 3.05) is 0 Å². The summed E-state index contributed by atoms with van der Waals surface area (Å²) in [5.74, 6) is 0.598. The predicted molar refractivity (Wildman–Crippen MR) is 108 cm³/mol. The third-order valence-electron chi connectivity index (χ3n) is 5.13. The van der Waals surface area contributed by atoms with Gasteiger partial charge in [-0.2, -0.15) is 8.78 Å². The molecule has 0 unspecified atom stereocenters. The maximum Gasteiger partial charge on any atom is 0.387 e. The Hall–Kier alpha value is -3.09. The lowest BCUT2D eigenvalue weighted by atomic mass is 9.99. The van der Waals surface area contributed by atoms with Crippen molar-refractivity contribution < 1.29 is 32.6 Å². The van der Waals surface area contributed by atoms with Crippen LogP contribution in [0.1, 0.15) is 41.4 Å². The van der Waals surface area contributed by atoms with Crippen LogP contribution in [0.25, 0.3) is 11.0 Å². The van der Waals surface area contributed by atoms with Crippen molar-refractivity contribution in [2.45, 2.75) is 53.3 Å². The zero-order valence-electron chi connectivity index (χ0n) is 17.1. The molecule has 5 nitrogen and oxygen atoms in total. The minimum atomic E-state index is -2.92. The molecular weight excluding hydrogens is 394 g/mol. The first-order valence-corrected chi connectivity index (χ1v) is 9.72. The average Bonchev–Trinajstić information content (AvgIpc) is 3.11. The number of carboxylic acids is 1. The molecule has 0 atom stereocenters. The number of fused-ring (bicyclic) bond motifs is 1. The molecule has 2 aromatic carbocycles. The summed E-state index contributed by atoms with van der Waals surface area (Å²) in [5.41, 5.74) is 4.02. The van der Waals surface area contributed by atoms with E-state index in [1.807, 2.05) is 32.9 Å². The number of carboxylic acid groups (broad SMARTS) is 1. The Morgan fingerprint density at radius 2 is 1.90 bits per heavy atom. The predicted octanol–water partition coefficient (Wildman–Crippen LogP) is 5.81. The minimum absolute atomic E-state index is 0.0523. The molecule has 0 aliphatic heterocycles. The lowest BCUT2D eigenvalue weighted by Crippen LogP contribution is -2.04. The first-order valence-electron chi connectivity index (χ1n) is 9.72. The Bertz CT molecular complexity index is 1060. The van der Waals surface area contributed by atoms with E-state index in [0.29, 0.717) is 35.1 Å². The van der Waals surface area contributed by atoms with Crippen LogP contribution in [-0.4, -0.2) is 17.7 Å². The zero-order valence-corrected chi connectivity index (χ0v) is 17.1. The molecule has 1 heterocycles. The monoisotopic (exact) mass is 418 g/mol. The smallest absolute Gasteiger partial charge is 0.387 e. The Kier molecular flexibility index (Phi) is 6.59. The lowest BCUT2D eigenvalue weighted by molar-refractivity contribution is -0.136. The van der Waals surface area contributed by atoms with E-state index < -0.39 is 12.6 Å². The fraction of sp³-hybridized carbons (Fsp3) is 0.348. The highest BCUT2D eigenvalue weighted by molar-refractivity contribution is 5.83. The van der Waals surface area contributed by atoms with Gasteiger partial charge in [0.1, 0.15) is 29.4 Å². The van der Waals surface area contributed by atoms with Crippen LogP contribution >= 0.6 is 0 Å². The third kappa shape index (κ3) is 4.90. The number of rotatable bonds is 9. The Morgan fingerprint density at radius 3 is 2.57 bits per heavy atom. The zero-order chi connectivity index (χ0) is 21.8. The molecule has 3 aromatic rings. The SMILES string of the molecule is CCc1cc2cc(OC(F)F)cc(COc3ccc(CCC(=O)O)c(C)c3C)c2o1. The number of furan rings is 1. The summed E-state index contributed by atoms with van der Waals surface area (Å²) < 4.78 is 41.8. The maximum atomic E-state index is 12.7. The van der Waals surface area contributed by atoms with Gasteiger partial charge >= 0.3 is 12.6 Å². The summed E-state index contributed by atoms with van der Waals surface area (Å²) in [6, 6.07) is 8.50. The molecular formula is C23H24F2O5. The number of aryl methyl sites for hydroxylation is 2. The van der Waals surface area contributed by atoms with Crippen LogP contribution in [-0.2, 0) is 24.2 Å². The van der Waals surface area contributed by atoms with Crippen LogP contribution in [0.5, 0.6) is 11.5 Å². The van der Waals surface area contributed by atoms with Crippen molar-refractivity contribution in [2.24, 2.45) is 0 Å². The molecule has 0 saturated carbocycles. The van der Waals surface area contributed by atoms with Gasteiger partial charge in [-0.1, -0.05) is 13.0 Å². The van der Waals surface area contributed by atoms with Crippen molar-refractivity contribution in [3.8, 4) is 11.5 Å². The van der Waals surface area contributed by atoms with Gasteiger partial charge in [0.15, 0.2) is 0 Å². The van der Waals surface area contributed by atoms with Crippen LogP contribution < -0.4 is 9.47 Å². The molecule has 0 aliphatic rings. The normalized spacial score (nSPS) is 11.3. The summed E-state index contributed by atoms with van der Waals surface area (Å²) in [6.07, 6.45) is 1.19. The number of benzene rings is 2. The Morgan fingerprint density at radius 1 is 1.13 bits per heavy atom. The molecule has 30 heavy (non-hydrogen) atoms. The van der Waals surface area contributed by atoms with E-state index in [2.05, 4.69) is 4.74 Å². The molecule has 160 valence electrons. The van der Waals surface area contributed by atoms with E-state index in [0.717, 1.165) is 22.5 Å². The second-order valence-electron chi connectivity index (χ2n) is 7.10. The number of alkyl halides is 2. The van der Waals surface area contributed by atoms with E-state index in [1.165, 1.54) is 12.1 Å². The van der Waals surface area contributed by atoms with Crippen molar-refractivity contribution in [1.82, 2.24) is 0 Å². The van der Waals surface area contributed by atoms with Gasteiger partial charge in [-0.25, -0.2) is 0 Å². The largest absolute Gasteiger partial charge is 0.488 e. The number of aliphatic carboxylic acids is 1. The van der Waals surface area contributed by atoms with Gasteiger partial charge in [0.05, 0.1) is 0 Å². The number of carbonyl (C=O) groups is 1. The highest BCUT2D eigenvalue weighted by Gasteiger charge is 2.15. The fourth-order valence-corrected chi connectivity index (χ4v) is 3.38. The molecule has 1 N–H and O–H groups in total. The minimum Gasteiger partial charge on any atom is -0.488 e. The fourth-order valence-electron chi connectivity index (χ4n) is 3.38. The van der Waals surface area contributed by atoms with Gasteiger partial charge < -0.3 is 19.0 Å². The van der Waals surface area contributed by atoms with Crippen LogP contribution in [0.3, 0.4) is 0 Å². The molecule has 0 aliphatic carbocycles. The second kappa shape index (κ2) is 9.15. The van der Waals surface area contributed by atoms with Crippen LogP contribution in [0.2, 0.25) is 0 Å². The Balaban J connectivity index is 1.86. The quantitative estimate of drug-likeness (QED) is 0.475. The van der Waals surface area contributed by atoms with Crippen LogP contribution in [0.15, 0.2) is 34.7 Å². The number of ether oxygens (including phenoxy) is 2. The average molecular weight is 418 g/mol. The molecule has 1 aromatic heterocycles. The standard InChI is InChI=1S/C23H24F2O5/c1-4-18-9-16-10-19(30-23(24)25)11-17(22(16)29-18)12-28-20-7-5-15(6-8-21(26)27)13(2)14(20)3/h5,7,9-11,23H,4,6,8,12H2,1-3H3,(H,26,27). The summed E-state index contributed by atoms with van der Waals surface area (Å²) in [5, 5.41) is 9.57. The van der Waals surface area contributed by atoms with Gasteiger partial charge in [-0.05, 0) is 61.2 Å². The lowest BCUT2D eigenvalue weighted by Gasteiger charge is -2.15. The molecule has 3 rings (SSSR count). The van der Waals surface area contributed by atoms with E-state index in [1.54, 1.807) is 6.07 Å². The van der Waals surface area contributed by atoms with Crippen molar-refractivity contribution in [1.29, 1.82) is 0 Å². The van der Waals surface area contributed by atoms with Crippen molar-refractivity contribution in [3.63, 3.8) is 0 Å². The molecule has 0 spiro atoms. The van der Waals surface area contributed by atoms with Crippen molar-refractivity contribution in [3.05, 3.63) is 58.3 Å². The number of hydrogen-bond acceptors (Lipinski definition) is 4. The molecule has 0 bridgehead atoms. The molecule has 0 amide bonds. The molecule has 0 fully saturated rings. The molecule has 0 saturated heterocycles. The van der Waals surface area contributed by atoms with E-state index in [9.17, 15) is 13.6 Å². The topological polar surface area (TPSA) is 68.9 Å². The first-order chi connectivity index (χ1) is 14.3. The summed E-state index contributed by atoms with van der Waals surface area (Å²) in [6.45, 7) is 2.97. The van der Waals surface area contributed by atoms with Gasteiger partial charge in [0.25, 0.3) is 0 Å². The van der Waals surface area contributed by atoms with Crippen LogP contribution in [0.4, 0.5) is 8.78 Å². The third-order valence-corrected chi connectivity index (χ3v) is 5.13. The number of halogens is 2. The Labute approximate surface area is 173 Å².